The zero-order valence-corrected chi connectivity index (χ0v) is 12.0. The average Bonchev–Trinajstić information content (AvgIpc) is 2.27. The Morgan fingerprint density at radius 3 is 2.29 bits per heavy atom. The Bertz CT molecular complexity index is 462. The molecule has 6 nitrogen and oxygen atoms in total. The van der Waals surface area contributed by atoms with Gasteiger partial charge in [0.05, 0.1) is 23.5 Å². The molecule has 88 valence electrons. The predicted octanol–water partition coefficient (Wildman–Crippen LogP) is -4.92. The van der Waals surface area contributed by atoms with Crippen LogP contribution >= 0.6 is 0 Å². The molecule has 0 spiro atoms. The smallest absolute Gasteiger partial charge is 0.548 e. The van der Waals surface area contributed by atoms with E-state index in [2.05, 4.69) is 0 Å². The third-order valence-electron chi connectivity index (χ3n) is 1.82. The van der Waals surface area contributed by atoms with Crippen LogP contribution in [0.3, 0.4) is 0 Å². The van der Waals surface area contributed by atoms with Gasteiger partial charge in [0.15, 0.2) is 0 Å². The second kappa shape index (κ2) is 7.10. The first-order valence-corrected chi connectivity index (χ1v) is 5.85. The Hall–Kier alpha value is -0.440. The van der Waals surface area contributed by atoms with E-state index in [-0.39, 0.29) is 34.5 Å². The van der Waals surface area contributed by atoms with Crippen LogP contribution in [0.25, 0.3) is 0 Å². The van der Waals surface area contributed by atoms with Gasteiger partial charge < -0.3 is 15.0 Å². The predicted molar refractivity (Wildman–Crippen MR) is 52.6 cm³/mol. The molecule has 1 unspecified atom stereocenters. The second-order valence-corrected chi connectivity index (χ2v) is 4.70. The van der Waals surface area contributed by atoms with Crippen molar-refractivity contribution >= 4 is 16.0 Å². The molecule has 8 heteroatoms. The minimum atomic E-state index is -3.95. The maximum absolute atomic E-state index is 11.6. The van der Waals surface area contributed by atoms with Crippen LogP contribution in [0.5, 0.6) is 0 Å². The molecule has 0 saturated carbocycles. The van der Waals surface area contributed by atoms with Crippen molar-refractivity contribution < 1.29 is 53.0 Å². The van der Waals surface area contributed by atoms with Crippen molar-refractivity contribution in [1.82, 2.24) is 4.72 Å². The Labute approximate surface area is 121 Å². The van der Waals surface area contributed by atoms with Crippen LogP contribution in [0.15, 0.2) is 35.2 Å². The average molecular weight is 267 g/mol. The van der Waals surface area contributed by atoms with Crippen LogP contribution in [0.1, 0.15) is 0 Å². The van der Waals surface area contributed by atoms with Gasteiger partial charge in [-0.1, -0.05) is 18.2 Å². The molecule has 0 aliphatic carbocycles. The molecule has 1 aromatic carbocycles. The molecule has 0 amide bonds. The van der Waals surface area contributed by atoms with E-state index < -0.39 is 28.6 Å². The van der Waals surface area contributed by atoms with Gasteiger partial charge in [0, 0.05) is 0 Å². The van der Waals surface area contributed by atoms with Gasteiger partial charge in [-0.15, -0.1) is 0 Å². The molecule has 2 N–H and O–H groups in total. The Balaban J connectivity index is 0.00000256. The number of rotatable bonds is 5. The number of hydrogen-bond acceptors (Lipinski definition) is 5. The van der Waals surface area contributed by atoms with E-state index in [9.17, 15) is 18.3 Å². The summed E-state index contributed by atoms with van der Waals surface area (Å²) in [6.45, 7) is -0.867. The zero-order valence-electron chi connectivity index (χ0n) is 9.16. The number of hydrogen-bond donors (Lipinski definition) is 2. The Morgan fingerprint density at radius 1 is 1.35 bits per heavy atom. The van der Waals surface area contributed by atoms with Crippen molar-refractivity contribution in [2.24, 2.45) is 0 Å². The summed E-state index contributed by atoms with van der Waals surface area (Å²) in [5.74, 6) is -1.68. The van der Waals surface area contributed by atoms with Crippen molar-refractivity contribution in [3.8, 4) is 0 Å². The van der Waals surface area contributed by atoms with E-state index in [4.69, 9.17) is 5.11 Å². The van der Waals surface area contributed by atoms with E-state index in [1.807, 2.05) is 4.72 Å². The van der Waals surface area contributed by atoms with E-state index in [0.29, 0.717) is 0 Å². The van der Waals surface area contributed by atoms with Gasteiger partial charge in [-0.2, -0.15) is 0 Å². The summed E-state index contributed by atoms with van der Waals surface area (Å²) in [7, 11) is -3.95. The third-order valence-corrected chi connectivity index (χ3v) is 3.31. The minimum absolute atomic E-state index is 0. The number of carboxylic acids is 1. The first-order chi connectivity index (χ1) is 7.47. The first-order valence-electron chi connectivity index (χ1n) is 4.36. The molecule has 0 radical (unpaired) electrons. The molecule has 0 aromatic heterocycles. The number of nitrogens with one attached hydrogen (secondary N) is 1. The first kappa shape index (κ1) is 16.6. The van der Waals surface area contributed by atoms with Crippen molar-refractivity contribution in [1.29, 1.82) is 0 Å². The summed E-state index contributed by atoms with van der Waals surface area (Å²) in [5, 5.41) is 19.1. The van der Waals surface area contributed by atoms with Gasteiger partial charge in [-0.05, 0) is 12.1 Å². The molecule has 0 saturated heterocycles. The quantitative estimate of drug-likeness (QED) is 0.520. The van der Waals surface area contributed by atoms with E-state index >= 15 is 0 Å². The summed E-state index contributed by atoms with van der Waals surface area (Å²) in [6, 6.07) is 5.60. The number of aliphatic hydroxyl groups excluding tert-OH is 1. The van der Waals surface area contributed by atoms with Crippen LogP contribution in [-0.4, -0.2) is 32.1 Å². The zero-order chi connectivity index (χ0) is 12.2. The summed E-state index contributed by atoms with van der Waals surface area (Å²) in [6.07, 6.45) is 0. The SMILES string of the molecule is O=C([O-])C(CO)NS(=O)(=O)c1ccccc1.[Na+]. The molecule has 0 heterocycles. The van der Waals surface area contributed by atoms with Crippen molar-refractivity contribution in [2.75, 3.05) is 6.61 Å². The molecule has 0 fully saturated rings. The second-order valence-electron chi connectivity index (χ2n) is 2.99. The van der Waals surface area contributed by atoms with E-state index in [1.54, 1.807) is 6.07 Å². The van der Waals surface area contributed by atoms with Crippen LogP contribution in [0.2, 0.25) is 0 Å². The standard InChI is InChI=1S/C9H11NO5S.Na/c11-6-8(9(12)13)10-16(14,15)7-4-2-1-3-5-7;/h1-5,8,10-11H,6H2,(H,12,13);/q;+1/p-1. The number of carbonyl (C=O) groups is 1. The minimum Gasteiger partial charge on any atom is -0.548 e. The van der Waals surface area contributed by atoms with Crippen molar-refractivity contribution in [3.63, 3.8) is 0 Å². The maximum Gasteiger partial charge on any atom is 1.00 e. The monoisotopic (exact) mass is 267 g/mol. The van der Waals surface area contributed by atoms with Gasteiger partial charge in [-0.3, -0.25) is 0 Å². The van der Waals surface area contributed by atoms with Crippen LogP contribution in [0, 0.1) is 0 Å². The van der Waals surface area contributed by atoms with Crippen LogP contribution in [0.4, 0.5) is 0 Å². The number of carbonyl (C=O) groups excluding carboxylic acids is 1. The molecule has 17 heavy (non-hydrogen) atoms. The molecule has 1 rings (SSSR count). The number of benzene rings is 1. The van der Waals surface area contributed by atoms with Gasteiger partial charge in [0.2, 0.25) is 10.0 Å². The molecule has 1 aromatic rings. The van der Waals surface area contributed by atoms with E-state index in [1.165, 1.54) is 24.3 Å². The topological polar surface area (TPSA) is 107 Å². The molecular weight excluding hydrogens is 257 g/mol. The van der Waals surface area contributed by atoms with E-state index in [0.717, 1.165) is 0 Å². The van der Waals surface area contributed by atoms with Gasteiger partial charge in [-0.25, -0.2) is 13.1 Å². The van der Waals surface area contributed by atoms with Crippen LogP contribution < -0.4 is 39.4 Å². The fourth-order valence-corrected chi connectivity index (χ4v) is 2.21. The van der Waals surface area contributed by atoms with Gasteiger partial charge in [0.25, 0.3) is 0 Å². The normalized spacial score (nSPS) is 12.5. The number of aliphatic carboxylic acids is 1. The Morgan fingerprint density at radius 2 is 1.88 bits per heavy atom. The fourth-order valence-electron chi connectivity index (χ4n) is 1.01. The summed E-state index contributed by atoms with van der Waals surface area (Å²) in [4.78, 5) is 10.4. The van der Waals surface area contributed by atoms with Crippen molar-refractivity contribution in [3.05, 3.63) is 30.3 Å². The molecule has 0 aliphatic rings. The molecular formula is C9H10NNaO5S. The maximum atomic E-state index is 11.6. The summed E-state index contributed by atoms with van der Waals surface area (Å²) in [5.41, 5.74) is 0. The van der Waals surface area contributed by atoms with Gasteiger partial charge >= 0.3 is 29.6 Å². The number of sulfonamides is 1. The molecule has 0 aliphatic heterocycles. The summed E-state index contributed by atoms with van der Waals surface area (Å²) < 4.78 is 25.0. The molecule has 1 atom stereocenters. The number of carboxylic acid groups (broad SMARTS) is 1. The fraction of sp³-hybridized carbons (Fsp3) is 0.222. The Kier molecular flexibility index (Phi) is 6.91. The van der Waals surface area contributed by atoms with Crippen LogP contribution in [-0.2, 0) is 14.8 Å². The summed E-state index contributed by atoms with van der Waals surface area (Å²) >= 11 is 0. The van der Waals surface area contributed by atoms with Gasteiger partial charge in [0.1, 0.15) is 0 Å². The third kappa shape index (κ3) is 4.74. The largest absolute Gasteiger partial charge is 1.00 e. The molecule has 0 bridgehead atoms. The van der Waals surface area contributed by atoms with Crippen molar-refractivity contribution in [2.45, 2.75) is 10.9 Å². The number of aliphatic hydroxyl groups is 1.